The van der Waals surface area contributed by atoms with Crippen molar-refractivity contribution in [3.05, 3.63) is 23.8 Å². The number of nitrogen functional groups attached to an aromatic ring is 1. The summed E-state index contributed by atoms with van der Waals surface area (Å²) < 4.78 is 0. The van der Waals surface area contributed by atoms with E-state index in [1.54, 1.807) is 0 Å². The van der Waals surface area contributed by atoms with Gasteiger partial charge in [0.2, 0.25) is 0 Å². The molecule has 4 heteroatoms. The number of carbonyl (C=O) groups is 1. The molecule has 0 bridgehead atoms. The number of para-hydroxylation sites is 1. The molecule has 76 valence electrons. The minimum absolute atomic E-state index is 0.165. The number of nitrogens with two attached hydrogens (primary N) is 1. The topological polar surface area (TPSA) is 63.3 Å². The highest BCUT2D eigenvalue weighted by Gasteiger charge is 2.03. The lowest BCUT2D eigenvalue weighted by Gasteiger charge is -2.06. The molecule has 0 aliphatic rings. The Kier molecular flexibility index (Phi) is 3.83. The van der Waals surface area contributed by atoms with Crippen LogP contribution in [0.1, 0.15) is 12.0 Å². The van der Waals surface area contributed by atoms with Crippen molar-refractivity contribution in [1.82, 2.24) is 0 Å². The molecule has 0 fully saturated rings. The molecular formula is C10H13NO2S. The molecule has 0 saturated carbocycles. The van der Waals surface area contributed by atoms with Gasteiger partial charge in [-0.2, -0.15) is 0 Å². The molecule has 0 aromatic heterocycles. The van der Waals surface area contributed by atoms with Crippen molar-refractivity contribution in [3.8, 4) is 0 Å². The van der Waals surface area contributed by atoms with Crippen molar-refractivity contribution in [3.63, 3.8) is 0 Å². The normalized spacial score (nSPS) is 10.1. The Bertz CT molecular complexity index is 339. The Morgan fingerprint density at radius 2 is 2.29 bits per heavy atom. The van der Waals surface area contributed by atoms with Crippen molar-refractivity contribution in [2.24, 2.45) is 0 Å². The second kappa shape index (κ2) is 4.91. The van der Waals surface area contributed by atoms with Crippen LogP contribution in [-0.4, -0.2) is 16.8 Å². The standard InChI is InChI=1S/C10H13NO2S/c1-7-3-2-4-8(10(7)11)14-6-5-9(12)13/h2-4H,5-6,11H2,1H3,(H,12,13). The average molecular weight is 211 g/mol. The highest BCUT2D eigenvalue weighted by atomic mass is 32.2. The molecule has 1 rings (SSSR count). The number of carboxylic acid groups (broad SMARTS) is 1. The summed E-state index contributed by atoms with van der Waals surface area (Å²) in [6.07, 6.45) is 0.165. The molecule has 0 atom stereocenters. The third-order valence-corrected chi connectivity index (χ3v) is 2.93. The zero-order valence-electron chi connectivity index (χ0n) is 7.99. The predicted octanol–water partition coefficient (Wildman–Crippen LogP) is 2.14. The van der Waals surface area contributed by atoms with Gasteiger partial charge < -0.3 is 10.8 Å². The summed E-state index contributed by atoms with van der Waals surface area (Å²) in [4.78, 5) is 11.3. The highest BCUT2D eigenvalue weighted by Crippen LogP contribution is 2.27. The van der Waals surface area contributed by atoms with Gasteiger partial charge in [-0.05, 0) is 18.6 Å². The quantitative estimate of drug-likeness (QED) is 0.591. The number of anilines is 1. The summed E-state index contributed by atoms with van der Waals surface area (Å²) in [6.45, 7) is 1.94. The third-order valence-electron chi connectivity index (χ3n) is 1.86. The summed E-state index contributed by atoms with van der Waals surface area (Å²) in [5, 5.41) is 8.47. The van der Waals surface area contributed by atoms with Crippen LogP contribution in [0.2, 0.25) is 0 Å². The van der Waals surface area contributed by atoms with Gasteiger partial charge in [0, 0.05) is 16.3 Å². The minimum Gasteiger partial charge on any atom is -0.481 e. The van der Waals surface area contributed by atoms with Crippen LogP contribution in [0.3, 0.4) is 0 Å². The molecule has 0 aliphatic carbocycles. The van der Waals surface area contributed by atoms with Gasteiger partial charge >= 0.3 is 5.97 Å². The predicted molar refractivity (Wildman–Crippen MR) is 58.6 cm³/mol. The van der Waals surface area contributed by atoms with E-state index in [0.29, 0.717) is 5.75 Å². The monoisotopic (exact) mass is 211 g/mol. The van der Waals surface area contributed by atoms with Crippen molar-refractivity contribution in [2.75, 3.05) is 11.5 Å². The van der Waals surface area contributed by atoms with E-state index in [4.69, 9.17) is 10.8 Å². The van der Waals surface area contributed by atoms with Gasteiger partial charge in [0.15, 0.2) is 0 Å². The number of rotatable bonds is 4. The van der Waals surface area contributed by atoms with Crippen molar-refractivity contribution in [2.45, 2.75) is 18.2 Å². The lowest BCUT2D eigenvalue weighted by Crippen LogP contribution is -1.97. The first-order valence-electron chi connectivity index (χ1n) is 4.31. The summed E-state index contributed by atoms with van der Waals surface area (Å²) in [7, 11) is 0. The van der Waals surface area contributed by atoms with Gasteiger partial charge in [-0.1, -0.05) is 12.1 Å². The number of aryl methyl sites for hydroxylation is 1. The first-order valence-corrected chi connectivity index (χ1v) is 5.29. The molecule has 14 heavy (non-hydrogen) atoms. The van der Waals surface area contributed by atoms with Crippen LogP contribution >= 0.6 is 11.8 Å². The van der Waals surface area contributed by atoms with Crippen LogP contribution < -0.4 is 5.73 Å². The van der Waals surface area contributed by atoms with Crippen molar-refractivity contribution >= 4 is 23.4 Å². The molecular weight excluding hydrogens is 198 g/mol. The number of thioether (sulfide) groups is 1. The molecule has 0 aliphatic heterocycles. The first kappa shape index (κ1) is 10.9. The summed E-state index contributed by atoms with van der Waals surface area (Å²) in [5.74, 6) is -0.216. The van der Waals surface area contributed by atoms with Crippen LogP contribution in [0.25, 0.3) is 0 Å². The highest BCUT2D eigenvalue weighted by molar-refractivity contribution is 7.99. The van der Waals surface area contributed by atoms with Gasteiger partial charge in [0.25, 0.3) is 0 Å². The van der Waals surface area contributed by atoms with Gasteiger partial charge in [-0.3, -0.25) is 4.79 Å². The molecule has 0 heterocycles. The number of hydrogen-bond donors (Lipinski definition) is 2. The Balaban J connectivity index is 2.59. The fraction of sp³-hybridized carbons (Fsp3) is 0.300. The maximum atomic E-state index is 10.3. The molecule has 1 aromatic carbocycles. The van der Waals surface area contributed by atoms with Crippen LogP contribution in [0.4, 0.5) is 5.69 Å². The van der Waals surface area contributed by atoms with E-state index >= 15 is 0 Å². The molecule has 3 N–H and O–H groups in total. The van der Waals surface area contributed by atoms with Gasteiger partial charge in [0.1, 0.15) is 0 Å². The van der Waals surface area contributed by atoms with Crippen LogP contribution in [0.15, 0.2) is 23.1 Å². The first-order chi connectivity index (χ1) is 6.61. The van der Waals surface area contributed by atoms with Crippen molar-refractivity contribution < 1.29 is 9.90 Å². The molecule has 0 spiro atoms. The van der Waals surface area contributed by atoms with Crippen LogP contribution in [0, 0.1) is 6.92 Å². The van der Waals surface area contributed by atoms with Crippen LogP contribution in [0.5, 0.6) is 0 Å². The summed E-state index contributed by atoms with van der Waals surface area (Å²) >= 11 is 1.48. The number of carboxylic acids is 1. The van der Waals surface area contributed by atoms with E-state index < -0.39 is 5.97 Å². The average Bonchev–Trinajstić information content (AvgIpc) is 2.12. The Hall–Kier alpha value is -1.16. The molecule has 3 nitrogen and oxygen atoms in total. The Morgan fingerprint density at radius 1 is 1.57 bits per heavy atom. The molecule has 0 amide bonds. The lowest BCUT2D eigenvalue weighted by molar-refractivity contribution is -0.136. The fourth-order valence-corrected chi connectivity index (χ4v) is 2.02. The van der Waals surface area contributed by atoms with Gasteiger partial charge in [0.05, 0.1) is 6.42 Å². The van der Waals surface area contributed by atoms with E-state index in [1.807, 2.05) is 25.1 Å². The maximum absolute atomic E-state index is 10.3. The molecule has 0 radical (unpaired) electrons. The number of aliphatic carboxylic acids is 1. The van der Waals surface area contributed by atoms with Crippen molar-refractivity contribution in [1.29, 1.82) is 0 Å². The van der Waals surface area contributed by atoms with Crippen LogP contribution in [-0.2, 0) is 4.79 Å². The SMILES string of the molecule is Cc1cccc(SCCC(=O)O)c1N. The van der Waals surface area contributed by atoms with E-state index in [-0.39, 0.29) is 6.42 Å². The summed E-state index contributed by atoms with van der Waals surface area (Å²) in [5.41, 5.74) is 7.62. The molecule has 0 unspecified atom stereocenters. The second-order valence-corrected chi connectivity index (χ2v) is 4.12. The fourth-order valence-electron chi connectivity index (χ4n) is 1.03. The molecule has 0 saturated heterocycles. The second-order valence-electron chi connectivity index (χ2n) is 2.98. The smallest absolute Gasteiger partial charge is 0.304 e. The zero-order chi connectivity index (χ0) is 10.6. The minimum atomic E-state index is -0.774. The van der Waals surface area contributed by atoms with Gasteiger partial charge in [-0.25, -0.2) is 0 Å². The maximum Gasteiger partial charge on any atom is 0.304 e. The third kappa shape index (κ3) is 2.96. The zero-order valence-corrected chi connectivity index (χ0v) is 8.80. The Morgan fingerprint density at radius 3 is 2.93 bits per heavy atom. The van der Waals surface area contributed by atoms with E-state index in [2.05, 4.69) is 0 Å². The van der Waals surface area contributed by atoms with E-state index in [0.717, 1.165) is 16.1 Å². The largest absolute Gasteiger partial charge is 0.481 e. The van der Waals surface area contributed by atoms with Gasteiger partial charge in [-0.15, -0.1) is 11.8 Å². The Labute approximate surface area is 87.3 Å². The number of benzene rings is 1. The number of hydrogen-bond acceptors (Lipinski definition) is 3. The summed E-state index contributed by atoms with van der Waals surface area (Å²) in [6, 6.07) is 5.78. The lowest BCUT2D eigenvalue weighted by atomic mass is 10.2. The van der Waals surface area contributed by atoms with E-state index in [1.165, 1.54) is 11.8 Å². The molecule has 1 aromatic rings. The van der Waals surface area contributed by atoms with E-state index in [9.17, 15) is 4.79 Å².